The molecule has 2 fully saturated rings. The molecule has 5 nitrogen and oxygen atoms in total. The molecule has 2 aromatic carbocycles. The van der Waals surface area contributed by atoms with E-state index in [1.54, 1.807) is 7.05 Å². The minimum absolute atomic E-state index is 0.0519. The van der Waals surface area contributed by atoms with Gasteiger partial charge in [0.2, 0.25) is 0 Å². The molecule has 3 aliphatic rings. The number of aliphatic hydroxyl groups is 1. The molecule has 3 heterocycles. The maximum atomic E-state index is 12.7. The summed E-state index contributed by atoms with van der Waals surface area (Å²) >= 11 is 0. The van der Waals surface area contributed by atoms with E-state index < -0.39 is 0 Å². The van der Waals surface area contributed by atoms with E-state index in [4.69, 9.17) is 9.84 Å². The number of likely N-dealkylation sites (N-methyl/N-ethyl adjacent to an activating group) is 1. The molecule has 0 aliphatic carbocycles. The summed E-state index contributed by atoms with van der Waals surface area (Å²) in [6.07, 6.45) is 4.63. The van der Waals surface area contributed by atoms with Crippen LogP contribution in [0.3, 0.4) is 0 Å². The van der Waals surface area contributed by atoms with Crippen LogP contribution in [-0.2, 0) is 0 Å². The summed E-state index contributed by atoms with van der Waals surface area (Å²) in [5, 5.41) is 12.9. The van der Waals surface area contributed by atoms with Gasteiger partial charge in [-0.25, -0.2) is 0 Å². The normalized spacial score (nSPS) is 22.0. The van der Waals surface area contributed by atoms with Crippen LogP contribution in [0.4, 0.5) is 0 Å². The minimum Gasteiger partial charge on any atom is -0.456 e. The molecule has 2 saturated heterocycles. The lowest BCUT2D eigenvalue weighted by Crippen LogP contribution is -2.35. The summed E-state index contributed by atoms with van der Waals surface area (Å²) < 4.78 is 6.23. The van der Waals surface area contributed by atoms with E-state index in [2.05, 4.69) is 17.4 Å². The predicted octanol–water partition coefficient (Wildman–Crippen LogP) is 3.57. The van der Waals surface area contributed by atoms with Crippen molar-refractivity contribution in [2.75, 3.05) is 20.2 Å². The second-order valence-corrected chi connectivity index (χ2v) is 8.28. The molecule has 2 unspecified atom stereocenters. The third-order valence-corrected chi connectivity index (χ3v) is 6.33. The number of amides is 1. The SMILES string of the molecule is CN(CCO)C(=O)c1ccc2c(c1)Oc1ccccc1C2=C1CC2CCC(C1)N2. The second-order valence-electron chi connectivity index (χ2n) is 8.28. The van der Waals surface area contributed by atoms with E-state index in [-0.39, 0.29) is 12.5 Å². The van der Waals surface area contributed by atoms with E-state index in [1.165, 1.54) is 28.9 Å². The number of nitrogens with zero attached hydrogens (tertiary/aromatic N) is 1. The number of aliphatic hydroxyl groups excluding tert-OH is 1. The van der Waals surface area contributed by atoms with Crippen molar-refractivity contribution < 1.29 is 14.6 Å². The number of ether oxygens (including phenoxy) is 1. The number of carbonyl (C=O) groups is 1. The molecule has 1 amide bonds. The van der Waals surface area contributed by atoms with Crippen molar-refractivity contribution in [3.8, 4) is 11.5 Å². The van der Waals surface area contributed by atoms with Crippen molar-refractivity contribution >= 4 is 11.5 Å². The van der Waals surface area contributed by atoms with Gasteiger partial charge in [0, 0.05) is 42.4 Å². The third kappa shape index (κ3) is 3.24. The van der Waals surface area contributed by atoms with E-state index in [0.29, 0.717) is 24.2 Å². The van der Waals surface area contributed by atoms with Crippen LogP contribution in [0.1, 0.15) is 47.2 Å². The van der Waals surface area contributed by atoms with Crippen LogP contribution in [0.15, 0.2) is 48.0 Å². The number of rotatable bonds is 3. The number of hydrogen-bond acceptors (Lipinski definition) is 4. The molecule has 3 aliphatic heterocycles. The Morgan fingerprint density at radius 1 is 1.10 bits per heavy atom. The molecule has 0 aromatic heterocycles. The average molecular weight is 390 g/mol. The maximum Gasteiger partial charge on any atom is 0.253 e. The molecule has 150 valence electrons. The van der Waals surface area contributed by atoms with E-state index in [0.717, 1.165) is 35.5 Å². The van der Waals surface area contributed by atoms with Crippen LogP contribution in [0.5, 0.6) is 11.5 Å². The zero-order valence-electron chi connectivity index (χ0n) is 16.6. The van der Waals surface area contributed by atoms with Gasteiger partial charge in [0.1, 0.15) is 11.5 Å². The van der Waals surface area contributed by atoms with Gasteiger partial charge in [-0.2, -0.15) is 0 Å². The Balaban J connectivity index is 1.60. The zero-order chi connectivity index (χ0) is 20.0. The Kier molecular flexibility index (Phi) is 4.64. The fourth-order valence-electron chi connectivity index (χ4n) is 4.93. The molecule has 0 spiro atoms. The number of piperidine rings is 1. The quantitative estimate of drug-likeness (QED) is 0.718. The van der Waals surface area contributed by atoms with Crippen LogP contribution < -0.4 is 10.1 Å². The largest absolute Gasteiger partial charge is 0.456 e. The third-order valence-electron chi connectivity index (χ3n) is 6.33. The van der Waals surface area contributed by atoms with E-state index >= 15 is 0 Å². The summed E-state index contributed by atoms with van der Waals surface area (Å²) in [5.74, 6) is 1.47. The maximum absolute atomic E-state index is 12.7. The van der Waals surface area contributed by atoms with Crippen molar-refractivity contribution in [1.82, 2.24) is 10.2 Å². The first kappa shape index (κ1) is 18.4. The van der Waals surface area contributed by atoms with Crippen LogP contribution >= 0.6 is 0 Å². The lowest BCUT2D eigenvalue weighted by Gasteiger charge is -2.30. The topological polar surface area (TPSA) is 61.8 Å². The highest BCUT2D eigenvalue weighted by atomic mass is 16.5. The number of nitrogens with one attached hydrogen (secondary N) is 1. The smallest absolute Gasteiger partial charge is 0.253 e. The van der Waals surface area contributed by atoms with Gasteiger partial charge in [-0.1, -0.05) is 23.8 Å². The van der Waals surface area contributed by atoms with Crippen LogP contribution in [0.2, 0.25) is 0 Å². The van der Waals surface area contributed by atoms with Gasteiger partial charge < -0.3 is 20.1 Å². The van der Waals surface area contributed by atoms with Crippen molar-refractivity contribution in [3.63, 3.8) is 0 Å². The Bertz CT molecular complexity index is 983. The average Bonchev–Trinajstić information content (AvgIpc) is 3.08. The number of benzene rings is 2. The van der Waals surface area contributed by atoms with Crippen molar-refractivity contribution in [2.24, 2.45) is 0 Å². The fraction of sp³-hybridized carbons (Fsp3) is 0.375. The molecule has 2 atom stereocenters. The molecule has 29 heavy (non-hydrogen) atoms. The lowest BCUT2D eigenvalue weighted by molar-refractivity contribution is 0.0766. The molecule has 2 aromatic rings. The van der Waals surface area contributed by atoms with Gasteiger partial charge >= 0.3 is 0 Å². The first-order valence-electron chi connectivity index (χ1n) is 10.4. The van der Waals surface area contributed by atoms with Gasteiger partial charge in [0.05, 0.1) is 6.61 Å². The van der Waals surface area contributed by atoms with E-state index in [1.807, 2.05) is 30.3 Å². The molecule has 0 saturated carbocycles. The monoisotopic (exact) mass is 390 g/mol. The Hall–Kier alpha value is -2.63. The van der Waals surface area contributed by atoms with Crippen molar-refractivity contribution in [2.45, 2.75) is 37.8 Å². The summed E-state index contributed by atoms with van der Waals surface area (Å²) in [6.45, 7) is 0.258. The molecule has 0 radical (unpaired) electrons. The molecule has 2 bridgehead atoms. The molecule has 2 N–H and O–H groups in total. The summed E-state index contributed by atoms with van der Waals surface area (Å²) in [5.41, 5.74) is 5.57. The first-order chi connectivity index (χ1) is 14.1. The van der Waals surface area contributed by atoms with Gasteiger partial charge in [-0.05, 0) is 55.5 Å². The van der Waals surface area contributed by atoms with Gasteiger partial charge in [-0.3, -0.25) is 4.79 Å². The molecule has 5 rings (SSSR count). The summed E-state index contributed by atoms with van der Waals surface area (Å²) in [6, 6.07) is 15.1. The number of para-hydroxylation sites is 1. The number of fused-ring (bicyclic) bond motifs is 4. The highest BCUT2D eigenvalue weighted by molar-refractivity contribution is 5.97. The van der Waals surface area contributed by atoms with Gasteiger partial charge in [-0.15, -0.1) is 0 Å². The molecular weight excluding hydrogens is 364 g/mol. The highest BCUT2D eigenvalue weighted by Gasteiger charge is 2.34. The Labute approximate surface area is 171 Å². The Morgan fingerprint density at radius 3 is 2.59 bits per heavy atom. The Morgan fingerprint density at radius 2 is 1.83 bits per heavy atom. The van der Waals surface area contributed by atoms with Crippen molar-refractivity contribution in [1.29, 1.82) is 0 Å². The summed E-state index contributed by atoms with van der Waals surface area (Å²) in [7, 11) is 1.70. The number of hydrogen-bond donors (Lipinski definition) is 2. The van der Waals surface area contributed by atoms with E-state index in [9.17, 15) is 4.79 Å². The van der Waals surface area contributed by atoms with Crippen LogP contribution in [0.25, 0.3) is 5.57 Å². The predicted molar refractivity (Wildman–Crippen MR) is 112 cm³/mol. The highest BCUT2D eigenvalue weighted by Crippen LogP contribution is 2.48. The summed E-state index contributed by atoms with van der Waals surface area (Å²) in [4.78, 5) is 14.2. The first-order valence-corrected chi connectivity index (χ1v) is 10.4. The van der Waals surface area contributed by atoms with Crippen LogP contribution in [-0.4, -0.2) is 48.2 Å². The van der Waals surface area contributed by atoms with Gasteiger partial charge in [0.15, 0.2) is 0 Å². The fourth-order valence-corrected chi connectivity index (χ4v) is 4.93. The van der Waals surface area contributed by atoms with Crippen molar-refractivity contribution in [3.05, 3.63) is 64.7 Å². The molecular formula is C24H26N2O3. The van der Waals surface area contributed by atoms with Crippen LogP contribution in [0, 0.1) is 0 Å². The second kappa shape index (κ2) is 7.32. The zero-order valence-corrected chi connectivity index (χ0v) is 16.6. The molecule has 5 heteroatoms. The number of carbonyl (C=O) groups excluding carboxylic acids is 1. The standard InChI is InChI=1S/C24H26N2O3/c1-26(10-11-27)24(28)15-6-9-20-22(14-15)29-21-5-3-2-4-19(21)23(20)16-12-17-7-8-18(13-16)25-17/h2-6,9,14,17-18,25,27H,7-8,10-13H2,1H3. The van der Waals surface area contributed by atoms with Gasteiger partial charge in [0.25, 0.3) is 5.91 Å². The lowest BCUT2D eigenvalue weighted by atomic mass is 9.84. The minimum atomic E-state index is -0.113.